The molecule has 0 aliphatic carbocycles. The Labute approximate surface area is 133 Å². The van der Waals surface area contributed by atoms with Crippen LogP contribution in [0.1, 0.15) is 16.6 Å². The molecule has 3 rings (SSSR count). The zero-order valence-electron chi connectivity index (χ0n) is 11.2. The molecule has 0 aliphatic heterocycles. The summed E-state index contributed by atoms with van der Waals surface area (Å²) in [6, 6.07) is 19.7. The van der Waals surface area contributed by atoms with E-state index in [2.05, 4.69) is 4.98 Å². The van der Waals surface area contributed by atoms with Gasteiger partial charge in [0.2, 0.25) is 0 Å². The molecule has 3 heteroatoms. The number of halogens is 2. The van der Waals surface area contributed by atoms with Crippen LogP contribution in [0.5, 0.6) is 0 Å². The molecule has 0 saturated heterocycles. The lowest BCUT2D eigenvalue weighted by molar-refractivity contribution is 1.22. The summed E-state index contributed by atoms with van der Waals surface area (Å²) in [7, 11) is 0. The fourth-order valence-electron chi connectivity index (χ4n) is 2.13. The van der Waals surface area contributed by atoms with E-state index >= 15 is 0 Å². The summed E-state index contributed by atoms with van der Waals surface area (Å²) in [6.45, 7) is 0. The Kier molecular flexibility index (Phi) is 4.23. The SMILES string of the molecule is Clc1ccc2ccc(/C=C/C(Cl)c3ccccc3)nc2c1. The summed E-state index contributed by atoms with van der Waals surface area (Å²) in [5.74, 6) is 0. The number of hydrogen-bond donors (Lipinski definition) is 0. The molecular weight excluding hydrogens is 301 g/mol. The van der Waals surface area contributed by atoms with Crippen LogP contribution in [0.4, 0.5) is 0 Å². The summed E-state index contributed by atoms with van der Waals surface area (Å²) in [4.78, 5) is 4.57. The highest BCUT2D eigenvalue weighted by atomic mass is 35.5. The first kappa shape index (κ1) is 14.1. The molecule has 1 aromatic heterocycles. The van der Waals surface area contributed by atoms with Crippen LogP contribution in [0.15, 0.2) is 66.7 Å². The van der Waals surface area contributed by atoms with Crippen molar-refractivity contribution in [1.82, 2.24) is 4.98 Å². The second kappa shape index (κ2) is 6.30. The van der Waals surface area contributed by atoms with Crippen molar-refractivity contribution < 1.29 is 0 Å². The van der Waals surface area contributed by atoms with Crippen LogP contribution in [0.3, 0.4) is 0 Å². The zero-order valence-corrected chi connectivity index (χ0v) is 12.7. The maximum atomic E-state index is 6.36. The third-order valence-corrected chi connectivity index (χ3v) is 3.86. The standard InChI is InChI=1S/C18H13Cl2N/c19-15-8-6-14-7-9-16(21-18(14)12-15)10-11-17(20)13-4-2-1-3-5-13/h1-12,17H/b11-10+. The Balaban J connectivity index is 1.86. The van der Waals surface area contributed by atoms with E-state index in [4.69, 9.17) is 23.2 Å². The van der Waals surface area contributed by atoms with Crippen LogP contribution in [-0.4, -0.2) is 4.98 Å². The van der Waals surface area contributed by atoms with Crippen LogP contribution in [-0.2, 0) is 0 Å². The number of pyridine rings is 1. The minimum atomic E-state index is -0.164. The summed E-state index contributed by atoms with van der Waals surface area (Å²) >= 11 is 12.4. The lowest BCUT2D eigenvalue weighted by atomic mass is 10.1. The maximum Gasteiger partial charge on any atom is 0.0770 e. The molecular formula is C18H13Cl2N. The highest BCUT2D eigenvalue weighted by molar-refractivity contribution is 6.31. The van der Waals surface area contributed by atoms with Gasteiger partial charge in [-0.1, -0.05) is 60.1 Å². The second-order valence-electron chi connectivity index (χ2n) is 4.74. The fourth-order valence-corrected chi connectivity index (χ4v) is 2.51. The molecule has 2 aromatic carbocycles. The van der Waals surface area contributed by atoms with Crippen molar-refractivity contribution in [3.8, 4) is 0 Å². The average molecular weight is 314 g/mol. The highest BCUT2D eigenvalue weighted by Gasteiger charge is 2.03. The third kappa shape index (κ3) is 3.44. The van der Waals surface area contributed by atoms with Gasteiger partial charge in [0.15, 0.2) is 0 Å². The topological polar surface area (TPSA) is 12.9 Å². The molecule has 104 valence electrons. The Morgan fingerprint density at radius 2 is 1.71 bits per heavy atom. The van der Waals surface area contributed by atoms with Gasteiger partial charge in [-0.3, -0.25) is 0 Å². The number of nitrogens with zero attached hydrogens (tertiary/aromatic N) is 1. The van der Waals surface area contributed by atoms with Crippen molar-refractivity contribution in [2.45, 2.75) is 5.38 Å². The number of alkyl halides is 1. The van der Waals surface area contributed by atoms with Crippen molar-refractivity contribution in [3.05, 3.63) is 83.0 Å². The molecule has 0 fully saturated rings. The predicted octanol–water partition coefficient (Wildman–Crippen LogP) is 5.88. The maximum absolute atomic E-state index is 6.36. The zero-order chi connectivity index (χ0) is 14.7. The van der Waals surface area contributed by atoms with Crippen LogP contribution < -0.4 is 0 Å². The monoisotopic (exact) mass is 313 g/mol. The van der Waals surface area contributed by atoms with Gasteiger partial charge >= 0.3 is 0 Å². The number of allylic oxidation sites excluding steroid dienone is 1. The van der Waals surface area contributed by atoms with Gasteiger partial charge in [-0.2, -0.15) is 0 Å². The molecule has 0 bridgehead atoms. The van der Waals surface area contributed by atoms with Crippen LogP contribution in [0.25, 0.3) is 17.0 Å². The second-order valence-corrected chi connectivity index (χ2v) is 5.65. The van der Waals surface area contributed by atoms with Gasteiger partial charge in [-0.25, -0.2) is 4.98 Å². The molecule has 1 heterocycles. The van der Waals surface area contributed by atoms with Gasteiger partial charge in [-0.05, 0) is 29.8 Å². The van der Waals surface area contributed by atoms with E-state index in [-0.39, 0.29) is 5.38 Å². The van der Waals surface area contributed by atoms with E-state index in [9.17, 15) is 0 Å². The molecule has 0 saturated carbocycles. The van der Waals surface area contributed by atoms with Crippen LogP contribution in [0, 0.1) is 0 Å². The number of benzene rings is 2. The number of rotatable bonds is 3. The van der Waals surface area contributed by atoms with E-state index in [1.807, 2.05) is 72.8 Å². The minimum Gasteiger partial charge on any atom is -0.248 e. The molecule has 0 amide bonds. The Hall–Kier alpha value is -1.83. The minimum absolute atomic E-state index is 0.164. The fraction of sp³-hybridized carbons (Fsp3) is 0.0556. The molecule has 0 spiro atoms. The van der Waals surface area contributed by atoms with Crippen LogP contribution >= 0.6 is 23.2 Å². The first-order chi connectivity index (χ1) is 10.2. The molecule has 0 radical (unpaired) electrons. The van der Waals surface area contributed by atoms with E-state index in [1.165, 1.54) is 0 Å². The van der Waals surface area contributed by atoms with Crippen molar-refractivity contribution in [1.29, 1.82) is 0 Å². The smallest absolute Gasteiger partial charge is 0.0770 e. The van der Waals surface area contributed by atoms with E-state index < -0.39 is 0 Å². The largest absolute Gasteiger partial charge is 0.248 e. The normalized spacial score (nSPS) is 12.9. The van der Waals surface area contributed by atoms with Gasteiger partial charge in [-0.15, -0.1) is 11.6 Å². The van der Waals surface area contributed by atoms with Crippen molar-refractivity contribution in [2.75, 3.05) is 0 Å². The Bertz CT molecular complexity index is 782. The van der Waals surface area contributed by atoms with Gasteiger partial charge in [0, 0.05) is 10.4 Å². The molecule has 21 heavy (non-hydrogen) atoms. The van der Waals surface area contributed by atoms with Gasteiger partial charge in [0.05, 0.1) is 16.6 Å². The summed E-state index contributed by atoms with van der Waals surface area (Å²) in [6.07, 6.45) is 3.88. The number of fused-ring (bicyclic) bond motifs is 1. The van der Waals surface area contributed by atoms with E-state index in [1.54, 1.807) is 0 Å². The number of hydrogen-bond acceptors (Lipinski definition) is 1. The molecule has 3 aromatic rings. The quantitative estimate of drug-likeness (QED) is 0.550. The molecule has 1 unspecified atom stereocenters. The summed E-state index contributed by atoms with van der Waals surface area (Å²) < 4.78 is 0. The van der Waals surface area contributed by atoms with Gasteiger partial charge < -0.3 is 0 Å². The first-order valence-electron chi connectivity index (χ1n) is 6.66. The van der Waals surface area contributed by atoms with Crippen molar-refractivity contribution in [2.24, 2.45) is 0 Å². The van der Waals surface area contributed by atoms with E-state index in [0.717, 1.165) is 22.2 Å². The van der Waals surface area contributed by atoms with E-state index in [0.29, 0.717) is 5.02 Å². The molecule has 1 atom stereocenters. The first-order valence-corrected chi connectivity index (χ1v) is 7.47. The lowest BCUT2D eigenvalue weighted by Crippen LogP contribution is -1.86. The molecule has 0 N–H and O–H groups in total. The Morgan fingerprint density at radius 1 is 0.952 bits per heavy atom. The lowest BCUT2D eigenvalue weighted by Gasteiger charge is -2.04. The summed E-state index contributed by atoms with van der Waals surface area (Å²) in [5, 5.41) is 1.60. The van der Waals surface area contributed by atoms with Crippen LogP contribution in [0.2, 0.25) is 5.02 Å². The van der Waals surface area contributed by atoms with Crippen molar-refractivity contribution >= 4 is 40.2 Å². The molecule has 0 aliphatic rings. The summed E-state index contributed by atoms with van der Waals surface area (Å²) in [5.41, 5.74) is 2.82. The average Bonchev–Trinajstić information content (AvgIpc) is 2.53. The number of aromatic nitrogens is 1. The molecule has 1 nitrogen and oxygen atoms in total. The van der Waals surface area contributed by atoms with Gasteiger partial charge in [0.25, 0.3) is 0 Å². The predicted molar refractivity (Wildman–Crippen MR) is 90.8 cm³/mol. The Morgan fingerprint density at radius 3 is 2.52 bits per heavy atom. The highest BCUT2D eigenvalue weighted by Crippen LogP contribution is 2.23. The van der Waals surface area contributed by atoms with Crippen molar-refractivity contribution in [3.63, 3.8) is 0 Å². The third-order valence-electron chi connectivity index (χ3n) is 3.23. The van der Waals surface area contributed by atoms with Gasteiger partial charge in [0.1, 0.15) is 0 Å².